The number of para-hydroxylation sites is 1. The first-order chi connectivity index (χ1) is 11.2. The molecule has 2 heteroatoms. The summed E-state index contributed by atoms with van der Waals surface area (Å²) in [6.45, 7) is 8.38. The molecule has 0 aromatic heterocycles. The summed E-state index contributed by atoms with van der Waals surface area (Å²) in [5.74, 6) is 1.03. The Balaban J connectivity index is 1.70. The zero-order chi connectivity index (χ0) is 16.1. The van der Waals surface area contributed by atoms with Gasteiger partial charge >= 0.3 is 0 Å². The van der Waals surface area contributed by atoms with Gasteiger partial charge in [-0.1, -0.05) is 48.9 Å². The van der Waals surface area contributed by atoms with Gasteiger partial charge in [-0.25, -0.2) is 0 Å². The number of piperidine rings is 1. The molecule has 1 heterocycles. The van der Waals surface area contributed by atoms with Crippen molar-refractivity contribution in [3.63, 3.8) is 0 Å². The van der Waals surface area contributed by atoms with Crippen LogP contribution in [0.5, 0.6) is 5.75 Å². The van der Waals surface area contributed by atoms with Gasteiger partial charge in [0.25, 0.3) is 0 Å². The highest BCUT2D eigenvalue weighted by molar-refractivity contribution is 5.40. The van der Waals surface area contributed by atoms with Gasteiger partial charge in [0, 0.05) is 6.54 Å². The molecule has 0 unspecified atom stereocenters. The predicted molar refractivity (Wildman–Crippen MR) is 95.8 cm³/mol. The van der Waals surface area contributed by atoms with Crippen LogP contribution in [-0.2, 0) is 13.2 Å². The summed E-state index contributed by atoms with van der Waals surface area (Å²) in [5.41, 5.74) is 5.12. The summed E-state index contributed by atoms with van der Waals surface area (Å²) in [6, 6.07) is 15.0. The van der Waals surface area contributed by atoms with Crippen LogP contribution in [0.25, 0.3) is 0 Å². The first-order valence-corrected chi connectivity index (χ1v) is 8.72. The van der Waals surface area contributed by atoms with Crippen LogP contribution in [0, 0.1) is 13.8 Å². The molecular weight excluding hydrogens is 282 g/mol. The molecule has 0 saturated carbocycles. The molecule has 0 N–H and O–H groups in total. The molecular formula is C21H27NO. The van der Waals surface area contributed by atoms with E-state index < -0.39 is 0 Å². The minimum atomic E-state index is 0.649. The van der Waals surface area contributed by atoms with Crippen LogP contribution >= 0.6 is 0 Å². The fourth-order valence-corrected chi connectivity index (χ4v) is 3.39. The average molecular weight is 309 g/mol. The molecule has 2 nitrogen and oxygen atoms in total. The van der Waals surface area contributed by atoms with E-state index in [2.05, 4.69) is 61.2 Å². The molecule has 0 bridgehead atoms. The minimum absolute atomic E-state index is 0.649. The Kier molecular flexibility index (Phi) is 5.35. The van der Waals surface area contributed by atoms with E-state index in [4.69, 9.17) is 4.74 Å². The largest absolute Gasteiger partial charge is 0.488 e. The smallest absolute Gasteiger partial charge is 0.125 e. The number of ether oxygens (including phenoxy) is 1. The van der Waals surface area contributed by atoms with Gasteiger partial charge < -0.3 is 4.74 Å². The molecule has 1 aliphatic heterocycles. The van der Waals surface area contributed by atoms with Crippen LogP contribution in [0.3, 0.4) is 0 Å². The molecule has 1 saturated heterocycles. The van der Waals surface area contributed by atoms with E-state index in [1.807, 2.05) is 0 Å². The maximum absolute atomic E-state index is 6.16. The van der Waals surface area contributed by atoms with E-state index in [-0.39, 0.29) is 0 Å². The maximum atomic E-state index is 6.16. The highest BCUT2D eigenvalue weighted by atomic mass is 16.5. The van der Waals surface area contributed by atoms with Crippen LogP contribution in [0.4, 0.5) is 0 Å². The van der Waals surface area contributed by atoms with Crippen molar-refractivity contribution < 1.29 is 4.74 Å². The Morgan fingerprint density at radius 2 is 1.48 bits per heavy atom. The summed E-state index contributed by atoms with van der Waals surface area (Å²) in [7, 11) is 0. The number of rotatable bonds is 5. The third-order valence-electron chi connectivity index (χ3n) is 4.74. The first kappa shape index (κ1) is 16.1. The molecule has 2 aromatic rings. The Bertz CT molecular complexity index is 624. The van der Waals surface area contributed by atoms with Crippen molar-refractivity contribution in [2.75, 3.05) is 13.1 Å². The number of hydrogen-bond donors (Lipinski definition) is 0. The van der Waals surface area contributed by atoms with Crippen molar-refractivity contribution in [1.29, 1.82) is 0 Å². The minimum Gasteiger partial charge on any atom is -0.488 e. The number of hydrogen-bond acceptors (Lipinski definition) is 2. The number of aryl methyl sites for hydroxylation is 2. The molecule has 23 heavy (non-hydrogen) atoms. The second kappa shape index (κ2) is 7.65. The number of likely N-dealkylation sites (tertiary alicyclic amines) is 1. The third-order valence-corrected chi connectivity index (χ3v) is 4.74. The van der Waals surface area contributed by atoms with E-state index in [0.717, 1.165) is 12.3 Å². The Hall–Kier alpha value is -1.80. The zero-order valence-electron chi connectivity index (χ0n) is 14.3. The lowest BCUT2D eigenvalue weighted by molar-refractivity contribution is 0.218. The SMILES string of the molecule is Cc1cccc(C)c1OCc1ccccc1CN1CCCCC1. The van der Waals surface area contributed by atoms with Crippen LogP contribution in [0.15, 0.2) is 42.5 Å². The fourth-order valence-electron chi connectivity index (χ4n) is 3.39. The summed E-state index contributed by atoms with van der Waals surface area (Å²) in [5, 5.41) is 0. The lowest BCUT2D eigenvalue weighted by atomic mass is 10.1. The molecule has 0 atom stereocenters. The number of benzene rings is 2. The van der Waals surface area contributed by atoms with Gasteiger partial charge in [-0.2, -0.15) is 0 Å². The Morgan fingerprint density at radius 3 is 2.17 bits per heavy atom. The second-order valence-corrected chi connectivity index (χ2v) is 6.62. The van der Waals surface area contributed by atoms with Crippen molar-refractivity contribution >= 4 is 0 Å². The lowest BCUT2D eigenvalue weighted by Gasteiger charge is -2.27. The van der Waals surface area contributed by atoms with Crippen LogP contribution in [0.1, 0.15) is 41.5 Å². The molecule has 1 fully saturated rings. The van der Waals surface area contributed by atoms with Crippen LogP contribution in [-0.4, -0.2) is 18.0 Å². The van der Waals surface area contributed by atoms with Gasteiger partial charge in [0.05, 0.1) is 0 Å². The molecule has 0 amide bonds. The normalized spacial score (nSPS) is 15.6. The predicted octanol–water partition coefficient (Wildman–Crippen LogP) is 4.87. The lowest BCUT2D eigenvalue weighted by Crippen LogP contribution is -2.29. The highest BCUT2D eigenvalue weighted by Gasteiger charge is 2.13. The van der Waals surface area contributed by atoms with E-state index in [0.29, 0.717) is 6.61 Å². The fraction of sp³-hybridized carbons (Fsp3) is 0.429. The van der Waals surface area contributed by atoms with Gasteiger partial charge in [-0.3, -0.25) is 4.90 Å². The molecule has 0 aliphatic carbocycles. The van der Waals surface area contributed by atoms with Crippen molar-refractivity contribution in [3.8, 4) is 5.75 Å². The highest BCUT2D eigenvalue weighted by Crippen LogP contribution is 2.24. The average Bonchev–Trinajstić information content (AvgIpc) is 2.57. The molecule has 1 aliphatic rings. The van der Waals surface area contributed by atoms with Crippen molar-refractivity contribution in [3.05, 3.63) is 64.7 Å². The van der Waals surface area contributed by atoms with Gasteiger partial charge in [-0.05, 0) is 62.0 Å². The standard InChI is InChI=1S/C21H27NO/c1-17-9-8-10-18(2)21(17)23-16-20-12-5-4-11-19(20)15-22-13-6-3-7-14-22/h4-5,8-12H,3,6-7,13-16H2,1-2H3. The van der Waals surface area contributed by atoms with E-state index >= 15 is 0 Å². The topological polar surface area (TPSA) is 12.5 Å². The Morgan fingerprint density at radius 1 is 0.826 bits per heavy atom. The zero-order valence-corrected chi connectivity index (χ0v) is 14.3. The monoisotopic (exact) mass is 309 g/mol. The van der Waals surface area contributed by atoms with Crippen molar-refractivity contribution in [1.82, 2.24) is 4.90 Å². The maximum Gasteiger partial charge on any atom is 0.125 e. The molecule has 0 spiro atoms. The summed E-state index contributed by atoms with van der Waals surface area (Å²) in [4.78, 5) is 2.57. The quantitative estimate of drug-likeness (QED) is 0.781. The first-order valence-electron chi connectivity index (χ1n) is 8.72. The van der Waals surface area contributed by atoms with Crippen LogP contribution in [0.2, 0.25) is 0 Å². The second-order valence-electron chi connectivity index (χ2n) is 6.62. The van der Waals surface area contributed by atoms with Crippen molar-refractivity contribution in [2.24, 2.45) is 0 Å². The van der Waals surface area contributed by atoms with E-state index in [1.165, 1.54) is 54.6 Å². The van der Waals surface area contributed by atoms with Gasteiger partial charge in [0.2, 0.25) is 0 Å². The molecule has 2 aromatic carbocycles. The summed E-state index contributed by atoms with van der Waals surface area (Å²) in [6.07, 6.45) is 4.05. The van der Waals surface area contributed by atoms with E-state index in [9.17, 15) is 0 Å². The van der Waals surface area contributed by atoms with E-state index in [1.54, 1.807) is 0 Å². The molecule has 0 radical (unpaired) electrons. The van der Waals surface area contributed by atoms with Crippen molar-refractivity contribution in [2.45, 2.75) is 46.3 Å². The van der Waals surface area contributed by atoms with Crippen LogP contribution < -0.4 is 4.74 Å². The van der Waals surface area contributed by atoms with Gasteiger partial charge in [0.15, 0.2) is 0 Å². The third kappa shape index (κ3) is 4.14. The Labute approximate surface area is 140 Å². The summed E-state index contributed by atoms with van der Waals surface area (Å²) >= 11 is 0. The van der Waals surface area contributed by atoms with Gasteiger partial charge in [-0.15, -0.1) is 0 Å². The molecule has 122 valence electrons. The molecule has 3 rings (SSSR count). The summed E-state index contributed by atoms with van der Waals surface area (Å²) < 4.78 is 6.16. The van der Waals surface area contributed by atoms with Gasteiger partial charge in [0.1, 0.15) is 12.4 Å². The number of nitrogens with zero attached hydrogens (tertiary/aromatic N) is 1.